The first kappa shape index (κ1) is 22.5. The first-order chi connectivity index (χ1) is 17.1. The van der Waals surface area contributed by atoms with Crippen molar-refractivity contribution < 1.29 is 9.53 Å². The Balaban J connectivity index is 1.24. The van der Waals surface area contributed by atoms with Crippen molar-refractivity contribution in [3.05, 3.63) is 58.4 Å². The third-order valence-electron chi connectivity index (χ3n) is 8.51. The quantitative estimate of drug-likeness (QED) is 0.636. The summed E-state index contributed by atoms with van der Waals surface area (Å²) in [4.78, 5) is 31.0. The summed E-state index contributed by atoms with van der Waals surface area (Å²) in [7, 11) is 1.63. The number of amides is 1. The van der Waals surface area contributed by atoms with Gasteiger partial charge in [0.1, 0.15) is 12.3 Å². The van der Waals surface area contributed by atoms with Crippen molar-refractivity contribution in [2.45, 2.75) is 57.2 Å². The molecule has 3 fully saturated rings. The molecule has 2 aromatic rings. The fourth-order valence-electron chi connectivity index (χ4n) is 6.95. The van der Waals surface area contributed by atoms with E-state index in [0.717, 1.165) is 37.2 Å². The highest BCUT2D eigenvalue weighted by molar-refractivity contribution is 5.77. The maximum atomic E-state index is 13.6. The predicted octanol–water partition coefficient (Wildman–Crippen LogP) is 3.34. The minimum absolute atomic E-state index is 0.00120. The molecule has 4 heterocycles. The zero-order chi connectivity index (χ0) is 23.9. The van der Waals surface area contributed by atoms with Crippen LogP contribution >= 0.6 is 0 Å². The highest BCUT2D eigenvalue weighted by Crippen LogP contribution is 2.45. The molecule has 1 amide bonds. The summed E-state index contributed by atoms with van der Waals surface area (Å²) in [5, 5.41) is 4.55. The van der Waals surface area contributed by atoms with E-state index in [1.54, 1.807) is 13.2 Å². The molecule has 3 saturated heterocycles. The van der Waals surface area contributed by atoms with Crippen LogP contribution in [-0.2, 0) is 11.3 Å². The number of likely N-dealkylation sites (tertiary alicyclic amines) is 1. The second-order valence-corrected chi connectivity index (χ2v) is 10.5. The van der Waals surface area contributed by atoms with Crippen molar-refractivity contribution in [3.63, 3.8) is 0 Å². The third kappa shape index (κ3) is 4.20. The number of hydrogen-bond donors (Lipinski definition) is 0. The maximum absolute atomic E-state index is 13.6. The Labute approximate surface area is 206 Å². The molecule has 0 N–H and O–H groups in total. The summed E-state index contributed by atoms with van der Waals surface area (Å²) in [5.41, 5.74) is 2.76. The van der Waals surface area contributed by atoms with E-state index in [-0.39, 0.29) is 24.1 Å². The molecule has 0 radical (unpaired) electrons. The molecule has 4 atom stereocenters. The smallest absolute Gasteiger partial charge is 0.267 e. The second-order valence-electron chi connectivity index (χ2n) is 10.5. The van der Waals surface area contributed by atoms with Crippen LogP contribution in [0.4, 0.5) is 0 Å². The predicted molar refractivity (Wildman–Crippen MR) is 134 cm³/mol. The van der Waals surface area contributed by atoms with Gasteiger partial charge in [-0.3, -0.25) is 14.5 Å². The monoisotopic (exact) mass is 474 g/mol. The zero-order valence-corrected chi connectivity index (χ0v) is 20.4. The fourth-order valence-corrected chi connectivity index (χ4v) is 6.95. The lowest BCUT2D eigenvalue weighted by molar-refractivity contribution is -0.137. The molecule has 1 aromatic carbocycles. The molecule has 0 saturated carbocycles. The highest BCUT2D eigenvalue weighted by Gasteiger charge is 2.46. The van der Waals surface area contributed by atoms with E-state index >= 15 is 0 Å². The minimum Gasteiger partial charge on any atom is -0.497 e. The van der Waals surface area contributed by atoms with Gasteiger partial charge in [-0.05, 0) is 80.8 Å². The number of ether oxygens (including phenoxy) is 1. The van der Waals surface area contributed by atoms with Gasteiger partial charge in [0, 0.05) is 30.8 Å². The maximum Gasteiger partial charge on any atom is 0.267 e. The summed E-state index contributed by atoms with van der Waals surface area (Å²) in [5.74, 6) is 1.90. The van der Waals surface area contributed by atoms with Gasteiger partial charge in [0.05, 0.1) is 18.8 Å². The molecular formula is C28H34N4O3. The average molecular weight is 475 g/mol. The van der Waals surface area contributed by atoms with Gasteiger partial charge in [-0.2, -0.15) is 5.10 Å². The van der Waals surface area contributed by atoms with E-state index in [0.29, 0.717) is 23.6 Å². The largest absolute Gasteiger partial charge is 0.497 e. The van der Waals surface area contributed by atoms with Crippen molar-refractivity contribution >= 4 is 5.91 Å². The van der Waals surface area contributed by atoms with E-state index in [1.807, 2.05) is 24.3 Å². The van der Waals surface area contributed by atoms with Crippen LogP contribution in [0.5, 0.6) is 5.75 Å². The molecule has 2 bridgehead atoms. The molecule has 1 aliphatic carbocycles. The number of nitrogens with zero attached hydrogens (tertiary/aromatic N) is 4. The van der Waals surface area contributed by atoms with Crippen molar-refractivity contribution in [3.8, 4) is 17.0 Å². The molecule has 6 rings (SSSR count). The number of hydrogen-bond acceptors (Lipinski definition) is 5. The van der Waals surface area contributed by atoms with Crippen molar-refractivity contribution in [1.29, 1.82) is 0 Å². The van der Waals surface area contributed by atoms with Gasteiger partial charge in [0.15, 0.2) is 0 Å². The molecule has 1 aromatic heterocycles. The topological polar surface area (TPSA) is 67.7 Å². The van der Waals surface area contributed by atoms with Crippen LogP contribution < -0.4 is 10.3 Å². The lowest BCUT2D eigenvalue weighted by Crippen LogP contribution is -2.60. The minimum atomic E-state index is -0.249. The summed E-state index contributed by atoms with van der Waals surface area (Å²) < 4.78 is 6.56. The molecule has 0 spiro atoms. The van der Waals surface area contributed by atoms with Crippen LogP contribution in [0.2, 0.25) is 0 Å². The normalized spacial score (nSPS) is 28.0. The summed E-state index contributed by atoms with van der Waals surface area (Å²) in [6.45, 7) is 3.03. The van der Waals surface area contributed by atoms with Gasteiger partial charge >= 0.3 is 0 Å². The Kier molecular flexibility index (Phi) is 5.96. The van der Waals surface area contributed by atoms with Gasteiger partial charge in [0.25, 0.3) is 5.56 Å². The lowest BCUT2D eigenvalue weighted by Gasteiger charge is -2.54. The highest BCUT2D eigenvalue weighted by atomic mass is 16.5. The van der Waals surface area contributed by atoms with Gasteiger partial charge in [-0.25, -0.2) is 4.68 Å². The van der Waals surface area contributed by atoms with Gasteiger partial charge in [0.2, 0.25) is 5.91 Å². The average Bonchev–Trinajstić information content (AvgIpc) is 2.89. The van der Waals surface area contributed by atoms with Crippen LogP contribution in [0.15, 0.2) is 52.8 Å². The van der Waals surface area contributed by atoms with Crippen molar-refractivity contribution in [2.75, 3.05) is 26.7 Å². The molecule has 184 valence electrons. The Hall–Kier alpha value is -2.93. The Morgan fingerprint density at radius 1 is 1.09 bits per heavy atom. The Bertz CT molecular complexity index is 1190. The second kappa shape index (κ2) is 9.26. The molecule has 35 heavy (non-hydrogen) atoms. The number of aromatic nitrogens is 2. The Morgan fingerprint density at radius 2 is 1.94 bits per heavy atom. The number of rotatable bonds is 4. The van der Waals surface area contributed by atoms with E-state index in [1.165, 1.54) is 48.5 Å². The summed E-state index contributed by atoms with van der Waals surface area (Å²) >= 11 is 0. The van der Waals surface area contributed by atoms with Gasteiger partial charge in [-0.1, -0.05) is 18.1 Å². The van der Waals surface area contributed by atoms with E-state index < -0.39 is 0 Å². The standard InChI is InChI=1S/C28H34N4O3/c1-35-23-9-7-19(8-10-23)24-11-12-26(33)32(29-24)18-27(34)31-14-4-5-20-15-21-16-22(28(20)31)17-30-13-3-2-6-25(21)30/h7-12,15,21-22,25,28H,2-6,13-14,16-18H2,1H3/t21?,22?,25-,28-/m1/s1. The number of piperidine rings is 3. The summed E-state index contributed by atoms with van der Waals surface area (Å²) in [6.07, 6.45) is 9.75. The molecular weight excluding hydrogens is 440 g/mol. The van der Waals surface area contributed by atoms with E-state index in [4.69, 9.17) is 4.74 Å². The number of carbonyl (C=O) groups is 1. The molecule has 7 heteroatoms. The SMILES string of the molecule is COc1ccc(-c2ccc(=O)n(CC(=O)N3CCCC4=CC5CC(CN6CCCC[C@H]56)[C@@H]43)n2)cc1. The third-order valence-corrected chi connectivity index (χ3v) is 8.51. The zero-order valence-electron chi connectivity index (χ0n) is 20.4. The van der Waals surface area contributed by atoms with Crippen LogP contribution in [-0.4, -0.2) is 64.3 Å². The molecule has 3 aliphatic heterocycles. The van der Waals surface area contributed by atoms with Crippen LogP contribution in [0.1, 0.15) is 38.5 Å². The van der Waals surface area contributed by atoms with Gasteiger partial charge < -0.3 is 9.64 Å². The molecule has 2 unspecified atom stereocenters. The first-order valence-corrected chi connectivity index (χ1v) is 13.1. The number of fused-ring (bicyclic) bond motifs is 6. The van der Waals surface area contributed by atoms with Crippen molar-refractivity contribution in [1.82, 2.24) is 19.6 Å². The number of carbonyl (C=O) groups excluding carboxylic acids is 1. The Morgan fingerprint density at radius 3 is 2.77 bits per heavy atom. The molecule has 4 aliphatic rings. The van der Waals surface area contributed by atoms with Gasteiger partial charge in [-0.15, -0.1) is 0 Å². The number of benzene rings is 1. The first-order valence-electron chi connectivity index (χ1n) is 13.1. The van der Waals surface area contributed by atoms with Crippen molar-refractivity contribution in [2.24, 2.45) is 11.8 Å². The van der Waals surface area contributed by atoms with Crippen LogP contribution in [0, 0.1) is 11.8 Å². The fraction of sp³-hybridized carbons (Fsp3) is 0.536. The number of methoxy groups -OCH3 is 1. The van der Waals surface area contributed by atoms with Crippen LogP contribution in [0.25, 0.3) is 11.3 Å². The molecule has 7 nitrogen and oxygen atoms in total. The lowest BCUT2D eigenvalue weighted by atomic mass is 9.68. The van der Waals surface area contributed by atoms with Crippen LogP contribution in [0.3, 0.4) is 0 Å². The summed E-state index contributed by atoms with van der Waals surface area (Å²) in [6, 6.07) is 11.7. The van der Waals surface area contributed by atoms with E-state index in [2.05, 4.69) is 21.0 Å². The van der Waals surface area contributed by atoms with E-state index in [9.17, 15) is 9.59 Å².